The third kappa shape index (κ3) is 6.19. The van der Waals surface area contributed by atoms with Gasteiger partial charge in [0.1, 0.15) is 11.6 Å². The average Bonchev–Trinajstić information content (AvgIpc) is 3.49. The third-order valence-electron chi connectivity index (χ3n) is 10.6. The van der Waals surface area contributed by atoms with Crippen LogP contribution in [0.15, 0.2) is 55.6 Å². The fourth-order valence-electron chi connectivity index (χ4n) is 9.08. The van der Waals surface area contributed by atoms with Gasteiger partial charge >= 0.3 is 0 Å². The molecule has 3 amide bonds. The summed E-state index contributed by atoms with van der Waals surface area (Å²) in [5, 5.41) is 10.9. The van der Waals surface area contributed by atoms with Crippen molar-refractivity contribution in [2.45, 2.75) is 110 Å². The Balaban J connectivity index is 1.90. The van der Waals surface area contributed by atoms with Gasteiger partial charge in [-0.05, 0) is 63.4 Å². The molecule has 0 saturated carbocycles. The number of benzene rings is 1. The summed E-state index contributed by atoms with van der Waals surface area (Å²) in [4.78, 5) is 50.0. The predicted octanol–water partition coefficient (Wildman–Crippen LogP) is 5.25. The molecule has 1 aromatic carbocycles. The molecule has 3 aliphatic heterocycles. The van der Waals surface area contributed by atoms with Crippen molar-refractivity contribution < 1.29 is 24.2 Å². The second-order valence-corrected chi connectivity index (χ2v) is 15.8. The smallest absolute Gasteiger partial charge is 0.249 e. The van der Waals surface area contributed by atoms with Gasteiger partial charge < -0.3 is 24.5 Å². The van der Waals surface area contributed by atoms with Crippen LogP contribution in [0.5, 0.6) is 0 Å². The molecular formula is C38H57N3O5. The minimum Gasteiger partial charge on any atom is -0.394 e. The fourth-order valence-corrected chi connectivity index (χ4v) is 9.08. The quantitative estimate of drug-likeness (QED) is 0.282. The van der Waals surface area contributed by atoms with Crippen LogP contribution in [0.1, 0.15) is 80.2 Å². The number of aliphatic hydroxyl groups excluding tert-OH is 1. The van der Waals surface area contributed by atoms with Crippen molar-refractivity contribution in [2.24, 2.45) is 23.2 Å². The van der Waals surface area contributed by atoms with Crippen molar-refractivity contribution in [3.05, 3.63) is 61.2 Å². The number of amides is 3. The highest BCUT2D eigenvalue weighted by Gasteiger charge is 2.80. The first-order valence-corrected chi connectivity index (χ1v) is 17.0. The first-order valence-electron chi connectivity index (χ1n) is 17.0. The minimum absolute atomic E-state index is 0.0775. The fraction of sp³-hybridized carbons (Fsp3) is 0.658. The van der Waals surface area contributed by atoms with E-state index in [1.807, 2.05) is 49.1 Å². The summed E-state index contributed by atoms with van der Waals surface area (Å²) in [6.07, 6.45) is 5.76. The second kappa shape index (κ2) is 13.3. The molecule has 3 aliphatic rings. The zero-order valence-corrected chi connectivity index (χ0v) is 29.4. The summed E-state index contributed by atoms with van der Waals surface area (Å²) >= 11 is 0. The lowest BCUT2D eigenvalue weighted by Gasteiger charge is -2.46. The molecule has 3 unspecified atom stereocenters. The van der Waals surface area contributed by atoms with Gasteiger partial charge in [0, 0.05) is 25.2 Å². The maximum atomic E-state index is 15.3. The number of fused-ring (bicyclic) bond motifs is 1. The Morgan fingerprint density at radius 3 is 2.28 bits per heavy atom. The van der Waals surface area contributed by atoms with Gasteiger partial charge in [-0.1, -0.05) is 77.1 Å². The van der Waals surface area contributed by atoms with E-state index in [-0.39, 0.29) is 35.7 Å². The van der Waals surface area contributed by atoms with Crippen LogP contribution in [0.3, 0.4) is 0 Å². The Morgan fingerprint density at radius 2 is 1.74 bits per heavy atom. The van der Waals surface area contributed by atoms with E-state index in [1.165, 1.54) is 0 Å². The largest absolute Gasteiger partial charge is 0.394 e. The number of aliphatic hydroxyl groups is 1. The Labute approximate surface area is 276 Å². The van der Waals surface area contributed by atoms with Gasteiger partial charge in [-0.3, -0.25) is 14.4 Å². The zero-order chi connectivity index (χ0) is 34.2. The van der Waals surface area contributed by atoms with E-state index in [0.29, 0.717) is 38.9 Å². The van der Waals surface area contributed by atoms with Crippen molar-refractivity contribution in [1.82, 2.24) is 14.7 Å². The Bertz CT molecular complexity index is 1300. The van der Waals surface area contributed by atoms with Gasteiger partial charge in [-0.15, -0.1) is 13.2 Å². The predicted molar refractivity (Wildman–Crippen MR) is 182 cm³/mol. The van der Waals surface area contributed by atoms with E-state index in [2.05, 4.69) is 54.7 Å². The first kappa shape index (κ1) is 35.9. The van der Waals surface area contributed by atoms with Crippen molar-refractivity contribution in [1.29, 1.82) is 0 Å². The number of likely N-dealkylation sites (tertiary alicyclic amines) is 1. The van der Waals surface area contributed by atoms with Crippen molar-refractivity contribution in [3.8, 4) is 0 Å². The molecule has 8 nitrogen and oxygen atoms in total. The molecule has 3 heterocycles. The number of nitrogens with zero attached hydrogens (tertiary/aromatic N) is 3. The van der Waals surface area contributed by atoms with Gasteiger partial charge in [0.05, 0.1) is 30.1 Å². The Hall–Kier alpha value is -2.97. The third-order valence-corrected chi connectivity index (χ3v) is 10.6. The molecule has 2 bridgehead atoms. The van der Waals surface area contributed by atoms with Gasteiger partial charge in [-0.25, -0.2) is 0 Å². The van der Waals surface area contributed by atoms with E-state index < -0.39 is 40.7 Å². The summed E-state index contributed by atoms with van der Waals surface area (Å²) in [5.74, 6) is -2.33. The van der Waals surface area contributed by atoms with Gasteiger partial charge in [0.25, 0.3) is 0 Å². The Kier molecular flexibility index (Phi) is 10.3. The van der Waals surface area contributed by atoms with Crippen molar-refractivity contribution in [3.63, 3.8) is 0 Å². The maximum Gasteiger partial charge on any atom is 0.249 e. The van der Waals surface area contributed by atoms with Gasteiger partial charge in [-0.2, -0.15) is 0 Å². The highest BCUT2D eigenvalue weighted by molar-refractivity contribution is 5.99. The maximum absolute atomic E-state index is 15.3. The molecule has 1 spiro atoms. The summed E-state index contributed by atoms with van der Waals surface area (Å²) in [5.41, 5.74) is -1.84. The topological polar surface area (TPSA) is 90.4 Å². The number of rotatable bonds is 14. The Morgan fingerprint density at radius 1 is 1.11 bits per heavy atom. The van der Waals surface area contributed by atoms with E-state index in [9.17, 15) is 14.7 Å². The van der Waals surface area contributed by atoms with Crippen LogP contribution >= 0.6 is 0 Å². The molecule has 8 heteroatoms. The molecule has 46 heavy (non-hydrogen) atoms. The second-order valence-electron chi connectivity index (χ2n) is 15.8. The summed E-state index contributed by atoms with van der Waals surface area (Å²) < 4.78 is 7.05. The first-order chi connectivity index (χ1) is 21.5. The molecule has 3 fully saturated rings. The van der Waals surface area contributed by atoms with Gasteiger partial charge in [0.15, 0.2) is 0 Å². The number of carbonyl (C=O) groups excluding carboxylic acids is 3. The standard InChI is InChI=1S/C38H57N3O5/c1-11-19-39(20-12-2)32(43)29-30-33(44)41(28(24-42)22-27-17-15-14-16-18-27)31(38(30)23-26(4)37(29,10)46-38)34(45)40(21-13-3)36(8,9)25-35(5,6)7/h11,13-18,26,28-31,42H,1,3,12,19-25H2,2,4-10H3/t26?,28-,29-,30+,31?,37+,38?/m1/s1. The molecule has 7 atom stereocenters. The number of ether oxygens (including phenoxy) is 1. The lowest BCUT2D eigenvalue weighted by Crippen LogP contribution is -2.63. The minimum atomic E-state index is -1.21. The van der Waals surface area contributed by atoms with Crippen molar-refractivity contribution >= 4 is 17.7 Å². The average molecular weight is 636 g/mol. The van der Waals surface area contributed by atoms with Crippen molar-refractivity contribution in [2.75, 3.05) is 26.2 Å². The molecule has 4 rings (SSSR count). The van der Waals surface area contributed by atoms with Crippen LogP contribution in [-0.4, -0.2) is 92.6 Å². The van der Waals surface area contributed by atoms with E-state index in [0.717, 1.165) is 12.0 Å². The van der Waals surface area contributed by atoms with Crippen LogP contribution in [0.25, 0.3) is 0 Å². The molecule has 0 aliphatic carbocycles. The van der Waals surface area contributed by atoms with Crippen LogP contribution in [0.2, 0.25) is 0 Å². The SMILES string of the molecule is C=CCN(CCC)C(=O)[C@H]1[C@H]2C(=O)N([C@@H](CO)Cc3ccccc3)C(C(=O)N(CC=C)C(C)(C)CC(C)(C)C)C23CC(C)[C@]1(C)O3. The lowest BCUT2D eigenvalue weighted by molar-refractivity contribution is -0.160. The number of hydrogen-bond donors (Lipinski definition) is 1. The summed E-state index contributed by atoms with van der Waals surface area (Å²) in [7, 11) is 0. The van der Waals surface area contributed by atoms with Gasteiger partial charge in [0.2, 0.25) is 17.7 Å². The number of carbonyl (C=O) groups is 3. The summed E-state index contributed by atoms with van der Waals surface area (Å²) in [6.45, 7) is 25.3. The molecule has 0 radical (unpaired) electrons. The molecule has 1 aromatic rings. The molecular weight excluding hydrogens is 578 g/mol. The molecule has 0 aromatic heterocycles. The normalized spacial score (nSPS) is 29.4. The highest BCUT2D eigenvalue weighted by Crippen LogP contribution is 2.66. The molecule has 3 saturated heterocycles. The molecule has 254 valence electrons. The van der Waals surface area contributed by atoms with Crippen LogP contribution in [-0.2, 0) is 25.5 Å². The van der Waals surface area contributed by atoms with E-state index in [1.54, 1.807) is 22.0 Å². The molecule has 1 N–H and O–H groups in total. The van der Waals surface area contributed by atoms with E-state index in [4.69, 9.17) is 4.74 Å². The zero-order valence-electron chi connectivity index (χ0n) is 29.4. The van der Waals surface area contributed by atoms with Crippen LogP contribution in [0, 0.1) is 23.2 Å². The number of hydrogen-bond acceptors (Lipinski definition) is 5. The van der Waals surface area contributed by atoms with Crippen LogP contribution < -0.4 is 0 Å². The summed E-state index contributed by atoms with van der Waals surface area (Å²) in [6, 6.07) is 8.02. The van der Waals surface area contributed by atoms with E-state index >= 15 is 4.79 Å². The van der Waals surface area contributed by atoms with Crippen LogP contribution in [0.4, 0.5) is 0 Å². The monoisotopic (exact) mass is 635 g/mol. The lowest BCUT2D eigenvalue weighted by atomic mass is 9.62. The highest BCUT2D eigenvalue weighted by atomic mass is 16.5.